The van der Waals surface area contributed by atoms with Crippen LogP contribution in [-0.2, 0) is 10.2 Å². The van der Waals surface area contributed by atoms with Crippen molar-refractivity contribution >= 4 is 5.91 Å². The summed E-state index contributed by atoms with van der Waals surface area (Å²) in [6, 6.07) is 9.90. The molecule has 0 atom stereocenters. The van der Waals surface area contributed by atoms with Crippen molar-refractivity contribution in [3.05, 3.63) is 35.9 Å². The third kappa shape index (κ3) is 3.40. The quantitative estimate of drug-likeness (QED) is 0.887. The monoisotopic (exact) mass is 274 g/mol. The Morgan fingerprint density at radius 1 is 1.20 bits per heavy atom. The molecule has 0 aliphatic heterocycles. The molecule has 1 aliphatic rings. The molecule has 0 bridgehead atoms. The summed E-state index contributed by atoms with van der Waals surface area (Å²) in [6.45, 7) is 4.51. The fourth-order valence-corrected chi connectivity index (χ4v) is 2.90. The molecule has 1 aliphatic carbocycles. The number of nitrogens with two attached hydrogens (primary N) is 1. The van der Waals surface area contributed by atoms with E-state index in [2.05, 4.69) is 5.32 Å². The van der Waals surface area contributed by atoms with Crippen LogP contribution in [0.1, 0.15) is 51.5 Å². The van der Waals surface area contributed by atoms with Gasteiger partial charge in [0.15, 0.2) is 0 Å². The van der Waals surface area contributed by atoms with Crippen molar-refractivity contribution in [2.24, 2.45) is 5.73 Å². The lowest BCUT2D eigenvalue weighted by Crippen LogP contribution is -2.53. The fraction of sp³-hybridized carbons (Fsp3) is 0.588. The molecule has 0 saturated heterocycles. The summed E-state index contributed by atoms with van der Waals surface area (Å²) in [4.78, 5) is 12.5. The van der Waals surface area contributed by atoms with E-state index in [1.165, 1.54) is 19.3 Å². The lowest BCUT2D eigenvalue weighted by atomic mass is 9.81. The van der Waals surface area contributed by atoms with Crippen molar-refractivity contribution in [1.82, 2.24) is 5.32 Å². The molecule has 1 aromatic rings. The third-order valence-corrected chi connectivity index (χ3v) is 4.51. The van der Waals surface area contributed by atoms with Crippen LogP contribution >= 0.6 is 0 Å². The first kappa shape index (κ1) is 15.0. The number of rotatable bonds is 4. The molecular formula is C17H26N2O. The van der Waals surface area contributed by atoms with Gasteiger partial charge >= 0.3 is 0 Å². The van der Waals surface area contributed by atoms with Gasteiger partial charge in [0, 0.05) is 12.1 Å². The molecule has 1 amide bonds. The Morgan fingerprint density at radius 3 is 2.40 bits per heavy atom. The van der Waals surface area contributed by atoms with Gasteiger partial charge in [0.1, 0.15) is 0 Å². The van der Waals surface area contributed by atoms with E-state index in [1.54, 1.807) is 0 Å². The number of amides is 1. The largest absolute Gasteiger partial charge is 0.354 e. The first-order chi connectivity index (χ1) is 9.44. The van der Waals surface area contributed by atoms with E-state index in [0.717, 1.165) is 18.4 Å². The molecule has 0 heterocycles. The minimum Gasteiger partial charge on any atom is -0.354 e. The van der Waals surface area contributed by atoms with Gasteiger partial charge in [-0.05, 0) is 32.3 Å². The highest BCUT2D eigenvalue weighted by molar-refractivity contribution is 5.87. The smallest absolute Gasteiger partial charge is 0.230 e. The highest BCUT2D eigenvalue weighted by Crippen LogP contribution is 2.26. The van der Waals surface area contributed by atoms with Crippen molar-refractivity contribution in [2.45, 2.75) is 56.9 Å². The number of carbonyl (C=O) groups excluding carboxylic acids is 1. The number of hydrogen-bond donors (Lipinski definition) is 2. The van der Waals surface area contributed by atoms with Gasteiger partial charge in [-0.2, -0.15) is 0 Å². The molecule has 2 rings (SSSR count). The van der Waals surface area contributed by atoms with Crippen LogP contribution in [0.3, 0.4) is 0 Å². The molecule has 0 spiro atoms. The second-order valence-corrected chi connectivity index (χ2v) is 6.60. The summed E-state index contributed by atoms with van der Waals surface area (Å²) in [5, 5.41) is 3.07. The third-order valence-electron chi connectivity index (χ3n) is 4.51. The zero-order chi connectivity index (χ0) is 14.6. The Labute approximate surface area is 121 Å². The van der Waals surface area contributed by atoms with Gasteiger partial charge in [0.2, 0.25) is 5.91 Å². The minimum absolute atomic E-state index is 0.0547. The van der Waals surface area contributed by atoms with Crippen molar-refractivity contribution in [2.75, 3.05) is 6.54 Å². The van der Waals surface area contributed by atoms with Crippen molar-refractivity contribution in [3.8, 4) is 0 Å². The molecule has 20 heavy (non-hydrogen) atoms. The maximum atomic E-state index is 12.5. The molecule has 3 nitrogen and oxygen atoms in total. The van der Waals surface area contributed by atoms with Gasteiger partial charge < -0.3 is 11.1 Å². The Balaban J connectivity index is 1.97. The normalized spacial score (nSPS) is 18.6. The van der Waals surface area contributed by atoms with Gasteiger partial charge in [-0.1, -0.05) is 49.6 Å². The highest BCUT2D eigenvalue weighted by Gasteiger charge is 2.33. The maximum absolute atomic E-state index is 12.5. The molecule has 1 aromatic carbocycles. The van der Waals surface area contributed by atoms with Crippen LogP contribution in [0.5, 0.6) is 0 Å². The van der Waals surface area contributed by atoms with E-state index in [-0.39, 0.29) is 11.4 Å². The minimum atomic E-state index is -0.522. The number of nitrogens with one attached hydrogen (secondary N) is 1. The Morgan fingerprint density at radius 2 is 1.80 bits per heavy atom. The Kier molecular flexibility index (Phi) is 4.48. The van der Waals surface area contributed by atoms with Gasteiger partial charge in [0.25, 0.3) is 0 Å². The maximum Gasteiger partial charge on any atom is 0.230 e. The fourth-order valence-electron chi connectivity index (χ4n) is 2.90. The number of hydrogen-bond acceptors (Lipinski definition) is 2. The molecule has 0 radical (unpaired) electrons. The Bertz CT molecular complexity index is 447. The zero-order valence-electron chi connectivity index (χ0n) is 12.6. The molecule has 1 saturated carbocycles. The van der Waals surface area contributed by atoms with Crippen LogP contribution in [0, 0.1) is 0 Å². The predicted octanol–water partition coefficient (Wildman–Crippen LogP) is 2.74. The Hall–Kier alpha value is -1.35. The number of benzene rings is 1. The van der Waals surface area contributed by atoms with Crippen molar-refractivity contribution in [3.63, 3.8) is 0 Å². The summed E-state index contributed by atoms with van der Waals surface area (Å²) < 4.78 is 0. The van der Waals surface area contributed by atoms with Gasteiger partial charge in [-0.15, -0.1) is 0 Å². The van der Waals surface area contributed by atoms with E-state index >= 15 is 0 Å². The summed E-state index contributed by atoms with van der Waals surface area (Å²) in [7, 11) is 0. The van der Waals surface area contributed by atoms with E-state index in [4.69, 9.17) is 5.73 Å². The molecule has 3 heteroatoms. The van der Waals surface area contributed by atoms with Gasteiger partial charge in [-0.25, -0.2) is 0 Å². The van der Waals surface area contributed by atoms with E-state index in [1.807, 2.05) is 44.2 Å². The average Bonchev–Trinajstić information content (AvgIpc) is 2.46. The van der Waals surface area contributed by atoms with Gasteiger partial charge in [-0.3, -0.25) is 4.79 Å². The summed E-state index contributed by atoms with van der Waals surface area (Å²) in [5.41, 5.74) is 6.68. The average molecular weight is 274 g/mol. The SMILES string of the molecule is CC(C)(C(=O)NCC1(N)CCCCC1)c1ccccc1. The summed E-state index contributed by atoms with van der Waals surface area (Å²) in [5.74, 6) is 0.0547. The first-order valence-corrected chi connectivity index (χ1v) is 7.57. The molecule has 1 fully saturated rings. The highest BCUT2D eigenvalue weighted by atomic mass is 16.2. The zero-order valence-corrected chi connectivity index (χ0v) is 12.6. The molecule has 3 N–H and O–H groups in total. The van der Waals surface area contributed by atoms with Crippen LogP contribution < -0.4 is 11.1 Å². The first-order valence-electron chi connectivity index (χ1n) is 7.57. The molecule has 0 unspecified atom stereocenters. The van der Waals surface area contributed by atoms with Crippen molar-refractivity contribution in [1.29, 1.82) is 0 Å². The van der Waals surface area contributed by atoms with Gasteiger partial charge in [0.05, 0.1) is 5.41 Å². The summed E-state index contributed by atoms with van der Waals surface area (Å²) in [6.07, 6.45) is 5.64. The van der Waals surface area contributed by atoms with E-state index in [0.29, 0.717) is 6.54 Å². The second-order valence-electron chi connectivity index (χ2n) is 6.60. The number of carbonyl (C=O) groups is 1. The topological polar surface area (TPSA) is 55.1 Å². The standard InChI is InChI=1S/C17H26N2O/c1-16(2,14-9-5-3-6-10-14)15(20)19-13-17(18)11-7-4-8-12-17/h3,5-6,9-10H,4,7-8,11-13,18H2,1-2H3,(H,19,20). The van der Waals surface area contributed by atoms with Crippen molar-refractivity contribution < 1.29 is 4.79 Å². The summed E-state index contributed by atoms with van der Waals surface area (Å²) >= 11 is 0. The van der Waals surface area contributed by atoms with Crippen LogP contribution in [-0.4, -0.2) is 18.0 Å². The van der Waals surface area contributed by atoms with E-state index < -0.39 is 5.41 Å². The molecule has 110 valence electrons. The lowest BCUT2D eigenvalue weighted by molar-refractivity contribution is -0.126. The van der Waals surface area contributed by atoms with Crippen LogP contribution in [0.2, 0.25) is 0 Å². The van der Waals surface area contributed by atoms with Crippen LogP contribution in [0.25, 0.3) is 0 Å². The second kappa shape index (κ2) is 5.96. The van der Waals surface area contributed by atoms with E-state index in [9.17, 15) is 4.79 Å². The predicted molar refractivity (Wildman–Crippen MR) is 82.5 cm³/mol. The molecular weight excluding hydrogens is 248 g/mol. The lowest BCUT2D eigenvalue weighted by Gasteiger charge is -2.35. The molecule has 0 aromatic heterocycles. The van der Waals surface area contributed by atoms with Crippen LogP contribution in [0.15, 0.2) is 30.3 Å². The van der Waals surface area contributed by atoms with Crippen LogP contribution in [0.4, 0.5) is 0 Å².